The smallest absolute Gasteiger partial charge is 0.147 e. The van der Waals surface area contributed by atoms with Crippen LogP contribution in [0.15, 0.2) is 18.2 Å². The first-order valence-electron chi connectivity index (χ1n) is 4.76. The highest BCUT2D eigenvalue weighted by atomic mass is 35.5. The predicted octanol–water partition coefficient (Wildman–Crippen LogP) is 3.10. The molecule has 14 heavy (non-hydrogen) atoms. The molecule has 1 saturated carbocycles. The van der Waals surface area contributed by atoms with Crippen LogP contribution >= 0.6 is 11.6 Å². The minimum Gasteiger partial charge on any atom is -0.385 e. The van der Waals surface area contributed by atoms with E-state index in [1.807, 2.05) is 6.92 Å². The van der Waals surface area contributed by atoms with Crippen LogP contribution in [0.4, 0.5) is 4.39 Å². The van der Waals surface area contributed by atoms with Crippen LogP contribution in [-0.4, -0.2) is 5.11 Å². The number of halogens is 2. The van der Waals surface area contributed by atoms with Crippen molar-refractivity contribution < 1.29 is 9.50 Å². The highest BCUT2D eigenvalue weighted by Gasteiger charge is 2.54. The molecule has 2 unspecified atom stereocenters. The lowest BCUT2D eigenvalue weighted by atomic mass is 10.0. The van der Waals surface area contributed by atoms with Crippen molar-refractivity contribution >= 4 is 11.6 Å². The van der Waals surface area contributed by atoms with Crippen molar-refractivity contribution in [1.82, 2.24) is 0 Å². The van der Waals surface area contributed by atoms with E-state index in [1.165, 1.54) is 6.07 Å². The van der Waals surface area contributed by atoms with Gasteiger partial charge in [0.1, 0.15) is 5.82 Å². The van der Waals surface area contributed by atoms with Crippen molar-refractivity contribution in [1.29, 1.82) is 0 Å². The van der Waals surface area contributed by atoms with E-state index in [-0.39, 0.29) is 10.9 Å². The van der Waals surface area contributed by atoms with Gasteiger partial charge in [-0.2, -0.15) is 0 Å². The summed E-state index contributed by atoms with van der Waals surface area (Å²) in [4.78, 5) is 0. The van der Waals surface area contributed by atoms with Crippen LogP contribution in [0.1, 0.15) is 25.3 Å². The van der Waals surface area contributed by atoms with Crippen LogP contribution in [0, 0.1) is 11.7 Å². The number of hydrogen-bond donors (Lipinski definition) is 1. The van der Waals surface area contributed by atoms with E-state index < -0.39 is 11.4 Å². The fraction of sp³-hybridized carbons (Fsp3) is 0.455. The molecule has 0 aromatic heterocycles. The van der Waals surface area contributed by atoms with Crippen LogP contribution in [0.5, 0.6) is 0 Å². The maximum Gasteiger partial charge on any atom is 0.147 e. The summed E-state index contributed by atoms with van der Waals surface area (Å²) >= 11 is 5.65. The van der Waals surface area contributed by atoms with Gasteiger partial charge in [-0.15, -0.1) is 0 Å². The fourth-order valence-electron chi connectivity index (χ4n) is 1.97. The summed E-state index contributed by atoms with van der Waals surface area (Å²) in [5, 5.41) is 10.1. The minimum atomic E-state index is -0.969. The summed E-state index contributed by atoms with van der Waals surface area (Å²) in [6.07, 6.45) is 1.50. The standard InChI is InChI=1S/C11H12ClFO/c1-2-7-6-11(7,14)8-4-3-5-9(12)10(8)13/h3-5,7,14H,2,6H2,1H3. The number of aliphatic hydroxyl groups is 1. The second-order valence-electron chi connectivity index (χ2n) is 3.83. The van der Waals surface area contributed by atoms with Crippen molar-refractivity contribution in [3.8, 4) is 0 Å². The van der Waals surface area contributed by atoms with Crippen LogP contribution in [0.25, 0.3) is 0 Å². The SMILES string of the molecule is CCC1CC1(O)c1cccc(Cl)c1F. The van der Waals surface area contributed by atoms with Crippen molar-refractivity contribution in [3.05, 3.63) is 34.6 Å². The molecule has 1 aliphatic carbocycles. The molecule has 1 N–H and O–H groups in total. The lowest BCUT2D eigenvalue weighted by Gasteiger charge is -2.11. The second-order valence-corrected chi connectivity index (χ2v) is 4.24. The second kappa shape index (κ2) is 3.21. The van der Waals surface area contributed by atoms with E-state index in [0.717, 1.165) is 6.42 Å². The summed E-state index contributed by atoms with van der Waals surface area (Å²) < 4.78 is 13.6. The first-order valence-corrected chi connectivity index (χ1v) is 5.14. The third kappa shape index (κ3) is 1.33. The van der Waals surface area contributed by atoms with Crippen molar-refractivity contribution in [3.63, 3.8) is 0 Å². The molecule has 0 radical (unpaired) electrons. The Morgan fingerprint density at radius 3 is 2.93 bits per heavy atom. The lowest BCUT2D eigenvalue weighted by molar-refractivity contribution is 0.126. The van der Waals surface area contributed by atoms with Crippen molar-refractivity contribution in [2.75, 3.05) is 0 Å². The van der Waals surface area contributed by atoms with Crippen molar-refractivity contribution in [2.24, 2.45) is 5.92 Å². The number of benzene rings is 1. The molecule has 0 heterocycles. The Hall–Kier alpha value is -0.600. The largest absolute Gasteiger partial charge is 0.385 e. The minimum absolute atomic E-state index is 0.0812. The van der Waals surface area contributed by atoms with Gasteiger partial charge in [0.2, 0.25) is 0 Å². The monoisotopic (exact) mass is 214 g/mol. The Kier molecular flexibility index (Phi) is 2.28. The molecule has 3 heteroatoms. The molecule has 76 valence electrons. The topological polar surface area (TPSA) is 20.2 Å². The zero-order chi connectivity index (χ0) is 10.3. The Bertz CT molecular complexity index is 366. The number of hydrogen-bond acceptors (Lipinski definition) is 1. The van der Waals surface area contributed by atoms with E-state index in [1.54, 1.807) is 12.1 Å². The predicted molar refractivity (Wildman–Crippen MR) is 53.7 cm³/mol. The van der Waals surface area contributed by atoms with Gasteiger partial charge in [-0.3, -0.25) is 0 Å². The molecule has 0 amide bonds. The third-order valence-corrected chi connectivity index (χ3v) is 3.28. The van der Waals surface area contributed by atoms with E-state index in [4.69, 9.17) is 11.6 Å². The van der Waals surface area contributed by atoms with Gasteiger partial charge < -0.3 is 5.11 Å². The summed E-state index contributed by atoms with van der Waals surface area (Å²) in [5.74, 6) is -0.303. The molecule has 0 spiro atoms. The normalized spacial score (nSPS) is 30.4. The average molecular weight is 215 g/mol. The molecule has 0 aliphatic heterocycles. The Balaban J connectivity index is 2.39. The molecular weight excluding hydrogens is 203 g/mol. The molecule has 2 rings (SSSR count). The molecule has 1 aromatic carbocycles. The maximum absolute atomic E-state index is 13.6. The molecule has 2 atom stereocenters. The van der Waals surface area contributed by atoms with E-state index in [0.29, 0.717) is 12.0 Å². The average Bonchev–Trinajstić information content (AvgIpc) is 2.83. The Morgan fingerprint density at radius 1 is 1.64 bits per heavy atom. The van der Waals surface area contributed by atoms with E-state index in [9.17, 15) is 9.50 Å². The van der Waals surface area contributed by atoms with Gasteiger partial charge in [0.05, 0.1) is 10.6 Å². The number of rotatable bonds is 2. The fourth-order valence-corrected chi connectivity index (χ4v) is 2.14. The molecule has 1 aliphatic rings. The molecule has 1 aromatic rings. The molecule has 0 saturated heterocycles. The summed E-state index contributed by atoms with van der Waals surface area (Å²) in [6, 6.07) is 4.77. The summed E-state index contributed by atoms with van der Waals surface area (Å²) in [7, 11) is 0. The maximum atomic E-state index is 13.6. The molecule has 1 fully saturated rings. The highest BCUT2D eigenvalue weighted by molar-refractivity contribution is 6.30. The van der Waals surface area contributed by atoms with Crippen LogP contribution in [0.2, 0.25) is 5.02 Å². The zero-order valence-corrected chi connectivity index (χ0v) is 8.68. The highest BCUT2D eigenvalue weighted by Crippen LogP contribution is 2.54. The van der Waals surface area contributed by atoms with Gasteiger partial charge in [0.15, 0.2) is 0 Å². The zero-order valence-electron chi connectivity index (χ0n) is 7.93. The molecule has 0 bridgehead atoms. The quantitative estimate of drug-likeness (QED) is 0.802. The molecular formula is C11H12ClFO. The summed E-state index contributed by atoms with van der Waals surface area (Å²) in [5.41, 5.74) is -0.624. The van der Waals surface area contributed by atoms with Gasteiger partial charge in [-0.05, 0) is 18.4 Å². The van der Waals surface area contributed by atoms with Crippen LogP contribution in [0.3, 0.4) is 0 Å². The van der Waals surface area contributed by atoms with Crippen LogP contribution < -0.4 is 0 Å². The Morgan fingerprint density at radius 2 is 2.36 bits per heavy atom. The Labute approximate surface area is 87.5 Å². The van der Waals surface area contributed by atoms with Gasteiger partial charge in [0, 0.05) is 5.56 Å². The first-order chi connectivity index (χ1) is 6.59. The first kappa shape index (κ1) is 9.94. The van der Waals surface area contributed by atoms with E-state index in [2.05, 4.69) is 0 Å². The van der Waals surface area contributed by atoms with Crippen LogP contribution in [-0.2, 0) is 5.60 Å². The van der Waals surface area contributed by atoms with Gasteiger partial charge in [-0.1, -0.05) is 37.1 Å². The van der Waals surface area contributed by atoms with Gasteiger partial charge in [0.25, 0.3) is 0 Å². The summed E-state index contributed by atoms with van der Waals surface area (Å²) in [6.45, 7) is 1.99. The van der Waals surface area contributed by atoms with Gasteiger partial charge >= 0.3 is 0 Å². The van der Waals surface area contributed by atoms with Gasteiger partial charge in [-0.25, -0.2) is 4.39 Å². The lowest BCUT2D eigenvalue weighted by Crippen LogP contribution is -2.11. The van der Waals surface area contributed by atoms with Crippen molar-refractivity contribution in [2.45, 2.75) is 25.4 Å². The molecule has 1 nitrogen and oxygen atoms in total. The van der Waals surface area contributed by atoms with E-state index >= 15 is 0 Å². The third-order valence-electron chi connectivity index (χ3n) is 2.98.